The summed E-state index contributed by atoms with van der Waals surface area (Å²) >= 11 is 12.6. The molecule has 0 aliphatic rings. The van der Waals surface area contributed by atoms with Gasteiger partial charge in [0.15, 0.2) is 0 Å². The SMILES string of the molecule is Cc1ccccc1N(CC(=O)N(Cc1ccc(Cl)cc1Cl)[C@H](Cc1ccccc1)C(=O)NCC(C)C)S(C)(=O)=O. The lowest BCUT2D eigenvalue weighted by Crippen LogP contribution is -2.53. The topological polar surface area (TPSA) is 86.8 Å². The van der Waals surface area contributed by atoms with Crippen molar-refractivity contribution in [3.8, 4) is 0 Å². The number of nitrogens with zero attached hydrogens (tertiary/aromatic N) is 2. The standard InChI is InChI=1S/C30H35Cl2N3O4S/c1-21(2)18-33-30(37)28(16-23-11-6-5-7-12-23)34(19-24-14-15-25(31)17-26(24)32)29(36)20-35(40(4,38)39)27-13-9-8-10-22(27)3/h5-15,17,21,28H,16,18-20H2,1-4H3,(H,33,37)/t28-/m1/s1. The van der Waals surface area contributed by atoms with Crippen LogP contribution in [-0.4, -0.2) is 50.5 Å². The number of carbonyl (C=O) groups excluding carboxylic acids is 2. The van der Waals surface area contributed by atoms with E-state index in [0.29, 0.717) is 33.4 Å². The van der Waals surface area contributed by atoms with Gasteiger partial charge in [-0.05, 0) is 47.7 Å². The van der Waals surface area contributed by atoms with Crippen LogP contribution in [0.25, 0.3) is 0 Å². The van der Waals surface area contributed by atoms with Crippen LogP contribution < -0.4 is 9.62 Å². The number of hydrogen-bond acceptors (Lipinski definition) is 4. The molecular weight excluding hydrogens is 569 g/mol. The molecule has 7 nitrogen and oxygen atoms in total. The number of nitrogens with one attached hydrogen (secondary N) is 1. The predicted molar refractivity (Wildman–Crippen MR) is 162 cm³/mol. The molecule has 3 rings (SSSR count). The van der Waals surface area contributed by atoms with E-state index in [1.807, 2.05) is 44.2 Å². The lowest BCUT2D eigenvalue weighted by molar-refractivity contribution is -0.140. The smallest absolute Gasteiger partial charge is 0.244 e. The van der Waals surface area contributed by atoms with Gasteiger partial charge in [0.1, 0.15) is 12.6 Å². The summed E-state index contributed by atoms with van der Waals surface area (Å²) in [6, 6.07) is 20.3. The second-order valence-corrected chi connectivity index (χ2v) is 12.9. The third-order valence-electron chi connectivity index (χ3n) is 6.37. The average molecular weight is 605 g/mol. The van der Waals surface area contributed by atoms with Crippen molar-refractivity contribution >= 4 is 50.7 Å². The van der Waals surface area contributed by atoms with Gasteiger partial charge in [-0.15, -0.1) is 0 Å². The number of para-hydroxylation sites is 1. The minimum atomic E-state index is -3.84. The third kappa shape index (κ3) is 8.71. The molecule has 2 amide bonds. The Morgan fingerprint density at radius 1 is 0.950 bits per heavy atom. The highest BCUT2D eigenvalue weighted by Gasteiger charge is 2.33. The minimum absolute atomic E-state index is 0.0210. The van der Waals surface area contributed by atoms with E-state index in [4.69, 9.17) is 23.2 Å². The van der Waals surface area contributed by atoms with Crippen LogP contribution in [0.5, 0.6) is 0 Å². The van der Waals surface area contributed by atoms with Gasteiger partial charge < -0.3 is 10.2 Å². The predicted octanol–water partition coefficient (Wildman–Crippen LogP) is 5.48. The zero-order valence-electron chi connectivity index (χ0n) is 23.1. The van der Waals surface area contributed by atoms with Crippen molar-refractivity contribution in [2.45, 2.75) is 39.8 Å². The van der Waals surface area contributed by atoms with Crippen molar-refractivity contribution in [3.05, 3.63) is 99.5 Å². The zero-order chi connectivity index (χ0) is 29.4. The van der Waals surface area contributed by atoms with Crippen molar-refractivity contribution in [2.24, 2.45) is 5.92 Å². The van der Waals surface area contributed by atoms with Crippen LogP contribution in [0.1, 0.15) is 30.5 Å². The van der Waals surface area contributed by atoms with E-state index in [1.54, 1.807) is 49.4 Å². The van der Waals surface area contributed by atoms with Crippen molar-refractivity contribution < 1.29 is 18.0 Å². The Morgan fingerprint density at radius 2 is 1.60 bits per heavy atom. The molecule has 0 radical (unpaired) electrons. The highest BCUT2D eigenvalue weighted by atomic mass is 35.5. The Bertz CT molecular complexity index is 1430. The van der Waals surface area contributed by atoms with E-state index in [0.717, 1.165) is 16.1 Å². The highest BCUT2D eigenvalue weighted by molar-refractivity contribution is 7.92. The summed E-state index contributed by atoms with van der Waals surface area (Å²) in [5, 5.41) is 3.73. The van der Waals surface area contributed by atoms with Gasteiger partial charge in [0, 0.05) is 29.6 Å². The number of carbonyl (C=O) groups is 2. The van der Waals surface area contributed by atoms with Crippen LogP contribution in [0.15, 0.2) is 72.8 Å². The molecule has 1 N–H and O–H groups in total. The fourth-order valence-electron chi connectivity index (χ4n) is 4.25. The van der Waals surface area contributed by atoms with Gasteiger partial charge in [0.25, 0.3) is 0 Å². The Kier molecular flexibility index (Phi) is 11.0. The van der Waals surface area contributed by atoms with Crippen LogP contribution in [0.4, 0.5) is 5.69 Å². The number of hydrogen-bond donors (Lipinski definition) is 1. The van der Waals surface area contributed by atoms with E-state index >= 15 is 0 Å². The van der Waals surface area contributed by atoms with Gasteiger partial charge in [-0.25, -0.2) is 8.42 Å². The van der Waals surface area contributed by atoms with Crippen molar-refractivity contribution in [2.75, 3.05) is 23.7 Å². The summed E-state index contributed by atoms with van der Waals surface area (Å²) in [6.07, 6.45) is 1.29. The average Bonchev–Trinajstić information content (AvgIpc) is 2.89. The summed E-state index contributed by atoms with van der Waals surface area (Å²) in [4.78, 5) is 29.2. The van der Waals surface area contributed by atoms with E-state index in [-0.39, 0.29) is 24.8 Å². The maximum atomic E-state index is 14.1. The molecule has 0 aromatic heterocycles. The molecule has 0 fully saturated rings. The lowest BCUT2D eigenvalue weighted by Gasteiger charge is -2.34. The first-order chi connectivity index (χ1) is 18.9. The number of amides is 2. The van der Waals surface area contributed by atoms with Gasteiger partial charge in [-0.1, -0.05) is 91.6 Å². The Morgan fingerprint density at radius 3 is 2.20 bits per heavy atom. The molecule has 0 aliphatic carbocycles. The van der Waals surface area contributed by atoms with Crippen molar-refractivity contribution in [1.29, 1.82) is 0 Å². The fraction of sp³-hybridized carbons (Fsp3) is 0.333. The first kappa shape index (κ1) is 31.5. The monoisotopic (exact) mass is 603 g/mol. The Hall–Kier alpha value is -3.07. The molecule has 1 atom stereocenters. The number of rotatable bonds is 12. The molecule has 0 spiro atoms. The molecule has 0 saturated carbocycles. The zero-order valence-corrected chi connectivity index (χ0v) is 25.4. The fourth-order valence-corrected chi connectivity index (χ4v) is 5.62. The van der Waals surface area contributed by atoms with Gasteiger partial charge in [0.05, 0.1) is 11.9 Å². The molecule has 0 saturated heterocycles. The van der Waals surface area contributed by atoms with E-state index in [9.17, 15) is 18.0 Å². The molecule has 0 aliphatic heterocycles. The molecule has 3 aromatic carbocycles. The maximum absolute atomic E-state index is 14.1. The van der Waals surface area contributed by atoms with Gasteiger partial charge in [-0.2, -0.15) is 0 Å². The van der Waals surface area contributed by atoms with E-state index in [2.05, 4.69) is 5.32 Å². The van der Waals surface area contributed by atoms with Crippen molar-refractivity contribution in [3.63, 3.8) is 0 Å². The maximum Gasteiger partial charge on any atom is 0.244 e. The Labute approximate surface area is 247 Å². The molecule has 0 bridgehead atoms. The minimum Gasteiger partial charge on any atom is -0.354 e. The number of sulfonamides is 1. The second kappa shape index (κ2) is 14.0. The molecule has 0 unspecified atom stereocenters. The highest BCUT2D eigenvalue weighted by Crippen LogP contribution is 2.26. The summed E-state index contributed by atoms with van der Waals surface area (Å²) in [5.41, 5.74) is 2.53. The molecule has 3 aromatic rings. The number of aryl methyl sites for hydroxylation is 1. The summed E-state index contributed by atoms with van der Waals surface area (Å²) in [5.74, 6) is -0.684. The largest absolute Gasteiger partial charge is 0.354 e. The number of anilines is 1. The van der Waals surface area contributed by atoms with E-state index < -0.39 is 28.5 Å². The van der Waals surface area contributed by atoms with Crippen LogP contribution >= 0.6 is 23.2 Å². The van der Waals surface area contributed by atoms with Gasteiger partial charge >= 0.3 is 0 Å². The van der Waals surface area contributed by atoms with Crippen molar-refractivity contribution in [1.82, 2.24) is 10.2 Å². The number of halogens is 2. The Balaban J connectivity index is 2.08. The van der Waals surface area contributed by atoms with Crippen LogP contribution in [0.3, 0.4) is 0 Å². The molecule has 40 heavy (non-hydrogen) atoms. The van der Waals surface area contributed by atoms with Crippen LogP contribution in [0.2, 0.25) is 10.0 Å². The van der Waals surface area contributed by atoms with Gasteiger partial charge in [0.2, 0.25) is 21.8 Å². The first-order valence-corrected chi connectivity index (χ1v) is 15.6. The summed E-state index contributed by atoms with van der Waals surface area (Å²) < 4.78 is 26.9. The first-order valence-electron chi connectivity index (χ1n) is 12.9. The second-order valence-electron chi connectivity index (χ2n) is 10.2. The van der Waals surface area contributed by atoms with E-state index in [1.165, 1.54) is 4.90 Å². The number of benzene rings is 3. The normalized spacial score (nSPS) is 12.2. The summed E-state index contributed by atoms with van der Waals surface area (Å²) in [7, 11) is -3.84. The van der Waals surface area contributed by atoms with Gasteiger partial charge in [-0.3, -0.25) is 13.9 Å². The quantitative estimate of drug-likeness (QED) is 0.297. The van der Waals surface area contributed by atoms with Crippen LogP contribution in [0, 0.1) is 12.8 Å². The molecule has 10 heteroatoms. The molecule has 0 heterocycles. The molecular formula is C30H35Cl2N3O4S. The third-order valence-corrected chi connectivity index (χ3v) is 8.09. The lowest BCUT2D eigenvalue weighted by atomic mass is 10.0. The molecule has 214 valence electrons. The summed E-state index contributed by atoms with van der Waals surface area (Å²) in [6.45, 7) is 5.65. The van der Waals surface area contributed by atoms with Crippen LogP contribution in [-0.2, 0) is 32.6 Å².